The molecule has 2 N–H and O–H groups in total. The van der Waals surface area contributed by atoms with Crippen LogP contribution in [0.15, 0.2) is 24.3 Å². The molecule has 1 aromatic carbocycles. The Bertz CT molecular complexity index is 567. The Morgan fingerprint density at radius 2 is 1.72 bits per heavy atom. The summed E-state index contributed by atoms with van der Waals surface area (Å²) in [7, 11) is 0. The van der Waals surface area contributed by atoms with Crippen molar-refractivity contribution in [2.24, 2.45) is 5.92 Å². The van der Waals surface area contributed by atoms with Crippen LogP contribution in [0.5, 0.6) is 0 Å². The number of benzene rings is 1. The van der Waals surface area contributed by atoms with Gasteiger partial charge in [0.2, 0.25) is 5.91 Å². The van der Waals surface area contributed by atoms with Gasteiger partial charge in [-0.2, -0.15) is 0 Å². The highest BCUT2D eigenvalue weighted by atomic mass is 35.5. The maximum Gasteiger partial charge on any atom is 0.220 e. The smallest absolute Gasteiger partial charge is 0.220 e. The van der Waals surface area contributed by atoms with Crippen molar-refractivity contribution in [3.05, 3.63) is 35.4 Å². The largest absolute Gasteiger partial charge is 0.350 e. The Balaban J connectivity index is 0.00000225. The highest BCUT2D eigenvalue weighted by Crippen LogP contribution is 2.32. The molecule has 140 valence electrons. The van der Waals surface area contributed by atoms with Gasteiger partial charge in [0.05, 0.1) is 6.04 Å². The van der Waals surface area contributed by atoms with E-state index in [1.807, 2.05) is 0 Å². The van der Waals surface area contributed by atoms with E-state index in [4.69, 9.17) is 0 Å². The zero-order valence-electron chi connectivity index (χ0n) is 16.0. The Labute approximate surface area is 158 Å². The van der Waals surface area contributed by atoms with Gasteiger partial charge in [-0.3, -0.25) is 4.79 Å². The molecule has 3 nitrogen and oxygen atoms in total. The monoisotopic (exact) mass is 364 g/mol. The minimum Gasteiger partial charge on any atom is -0.350 e. The van der Waals surface area contributed by atoms with E-state index in [0.717, 1.165) is 0 Å². The zero-order chi connectivity index (χ0) is 17.3. The van der Waals surface area contributed by atoms with Crippen molar-refractivity contribution in [2.45, 2.75) is 83.3 Å². The highest BCUT2D eigenvalue weighted by Gasteiger charge is 2.34. The van der Waals surface area contributed by atoms with Crippen LogP contribution in [0.1, 0.15) is 77.0 Å². The number of hydrogen-bond donors (Lipinski definition) is 2. The lowest BCUT2D eigenvalue weighted by Crippen LogP contribution is -2.40. The second-order valence-electron chi connectivity index (χ2n) is 8.84. The van der Waals surface area contributed by atoms with Crippen molar-refractivity contribution in [3.8, 4) is 0 Å². The third-order valence-corrected chi connectivity index (χ3v) is 5.70. The predicted octanol–water partition coefficient (Wildman–Crippen LogP) is 4.50. The quantitative estimate of drug-likeness (QED) is 0.825. The molecule has 2 aliphatic heterocycles. The summed E-state index contributed by atoms with van der Waals surface area (Å²) in [5, 5.41) is 6.84. The summed E-state index contributed by atoms with van der Waals surface area (Å²) in [6.45, 7) is 8.74. The lowest BCUT2D eigenvalue weighted by atomic mass is 9.86. The van der Waals surface area contributed by atoms with Crippen molar-refractivity contribution in [1.82, 2.24) is 10.6 Å². The topological polar surface area (TPSA) is 41.1 Å². The first kappa shape index (κ1) is 20.3. The maximum atomic E-state index is 12.4. The van der Waals surface area contributed by atoms with Crippen LogP contribution in [-0.4, -0.2) is 18.0 Å². The SMILES string of the molecule is CC(NC(=O)CC1CC2CCC(C1)N2)c1ccc(C(C)(C)C)cc1.Cl. The molecule has 1 aromatic rings. The van der Waals surface area contributed by atoms with Gasteiger partial charge in [-0.15, -0.1) is 12.4 Å². The molecule has 0 aliphatic carbocycles. The number of hydrogen-bond acceptors (Lipinski definition) is 2. The molecule has 2 saturated heterocycles. The summed E-state index contributed by atoms with van der Waals surface area (Å²) in [5.74, 6) is 0.757. The van der Waals surface area contributed by atoms with Crippen molar-refractivity contribution in [2.75, 3.05) is 0 Å². The fraction of sp³-hybridized carbons (Fsp3) is 0.667. The van der Waals surface area contributed by atoms with Gasteiger partial charge in [0, 0.05) is 18.5 Å². The minimum atomic E-state index is 0. The number of halogens is 1. The summed E-state index contributed by atoms with van der Waals surface area (Å²) < 4.78 is 0. The molecule has 4 heteroatoms. The van der Waals surface area contributed by atoms with Crippen molar-refractivity contribution >= 4 is 18.3 Å². The predicted molar refractivity (Wildman–Crippen MR) is 106 cm³/mol. The summed E-state index contributed by atoms with van der Waals surface area (Å²) in [6.07, 6.45) is 5.59. The molecule has 2 bridgehead atoms. The normalized spacial score (nSPS) is 26.6. The lowest BCUT2D eigenvalue weighted by Gasteiger charge is -2.29. The Kier molecular flexibility index (Phi) is 6.56. The molecule has 25 heavy (non-hydrogen) atoms. The van der Waals surface area contributed by atoms with E-state index < -0.39 is 0 Å². The molecule has 0 aromatic heterocycles. The first-order chi connectivity index (χ1) is 11.3. The maximum absolute atomic E-state index is 12.4. The van der Waals surface area contributed by atoms with Gasteiger partial charge in [0.25, 0.3) is 0 Å². The number of carbonyl (C=O) groups is 1. The van der Waals surface area contributed by atoms with Crippen LogP contribution in [0.3, 0.4) is 0 Å². The van der Waals surface area contributed by atoms with E-state index in [1.165, 1.54) is 36.8 Å². The van der Waals surface area contributed by atoms with E-state index in [9.17, 15) is 4.79 Å². The van der Waals surface area contributed by atoms with Crippen molar-refractivity contribution in [1.29, 1.82) is 0 Å². The molecular formula is C21H33ClN2O. The molecule has 2 fully saturated rings. The summed E-state index contributed by atoms with van der Waals surface area (Å²) in [6, 6.07) is 10.1. The van der Waals surface area contributed by atoms with Crippen LogP contribution in [0, 0.1) is 5.92 Å². The number of carbonyl (C=O) groups excluding carboxylic acids is 1. The fourth-order valence-electron chi connectivity index (χ4n) is 4.26. The molecule has 0 saturated carbocycles. The molecule has 3 atom stereocenters. The fourth-order valence-corrected chi connectivity index (χ4v) is 4.26. The number of nitrogens with one attached hydrogen (secondary N) is 2. The number of piperidine rings is 1. The number of amides is 1. The summed E-state index contributed by atoms with van der Waals surface area (Å²) >= 11 is 0. The van der Waals surface area contributed by atoms with Crippen LogP contribution in [0.4, 0.5) is 0 Å². The van der Waals surface area contributed by atoms with E-state index in [1.54, 1.807) is 0 Å². The molecular weight excluding hydrogens is 332 g/mol. The molecule has 3 rings (SSSR count). The van der Waals surface area contributed by atoms with E-state index in [2.05, 4.69) is 62.6 Å². The van der Waals surface area contributed by atoms with Crippen molar-refractivity contribution < 1.29 is 4.79 Å². The van der Waals surface area contributed by atoms with Gasteiger partial charge < -0.3 is 10.6 Å². The molecule has 2 heterocycles. The van der Waals surface area contributed by atoms with Crippen LogP contribution < -0.4 is 10.6 Å². The van der Waals surface area contributed by atoms with Gasteiger partial charge in [-0.25, -0.2) is 0 Å². The molecule has 0 spiro atoms. The molecule has 0 radical (unpaired) electrons. The standard InChI is InChI=1S/C21H32N2O.ClH/c1-14(16-5-7-17(8-6-16)21(2,3)4)22-20(24)13-15-11-18-9-10-19(12-15)23-18;/h5-8,14-15,18-19,23H,9-13H2,1-4H3,(H,22,24);1H. The van der Waals surface area contributed by atoms with Crippen molar-refractivity contribution in [3.63, 3.8) is 0 Å². The van der Waals surface area contributed by atoms with Gasteiger partial charge in [0.1, 0.15) is 0 Å². The zero-order valence-corrected chi connectivity index (χ0v) is 16.8. The van der Waals surface area contributed by atoms with E-state index in [-0.39, 0.29) is 29.8 Å². The first-order valence-electron chi connectivity index (χ1n) is 9.47. The number of rotatable bonds is 4. The van der Waals surface area contributed by atoms with Crippen LogP contribution in [-0.2, 0) is 10.2 Å². The van der Waals surface area contributed by atoms with Gasteiger partial charge in [0.15, 0.2) is 0 Å². The third kappa shape index (κ3) is 5.21. The first-order valence-corrected chi connectivity index (χ1v) is 9.47. The van der Waals surface area contributed by atoms with Crippen LogP contribution in [0.25, 0.3) is 0 Å². The Morgan fingerprint density at radius 1 is 1.16 bits per heavy atom. The molecule has 2 aliphatic rings. The van der Waals surface area contributed by atoms with Gasteiger partial charge in [-0.1, -0.05) is 45.0 Å². The number of fused-ring (bicyclic) bond motifs is 2. The molecule has 1 amide bonds. The average molecular weight is 365 g/mol. The summed E-state index contributed by atoms with van der Waals surface area (Å²) in [4.78, 5) is 12.4. The van der Waals surface area contributed by atoms with Crippen LogP contribution in [0.2, 0.25) is 0 Å². The third-order valence-electron chi connectivity index (χ3n) is 5.70. The van der Waals surface area contributed by atoms with Gasteiger partial charge in [-0.05, 0) is 55.1 Å². The summed E-state index contributed by atoms with van der Waals surface area (Å²) in [5.41, 5.74) is 2.68. The Hall–Kier alpha value is -1.06. The van der Waals surface area contributed by atoms with E-state index >= 15 is 0 Å². The molecule has 3 unspecified atom stereocenters. The van der Waals surface area contributed by atoms with E-state index in [0.29, 0.717) is 24.4 Å². The lowest BCUT2D eigenvalue weighted by molar-refractivity contribution is -0.122. The second kappa shape index (κ2) is 8.09. The second-order valence-corrected chi connectivity index (χ2v) is 8.84. The van der Waals surface area contributed by atoms with Gasteiger partial charge >= 0.3 is 0 Å². The minimum absolute atomic E-state index is 0. The van der Waals surface area contributed by atoms with Crippen LogP contribution >= 0.6 is 12.4 Å². The highest BCUT2D eigenvalue weighted by molar-refractivity contribution is 5.85. The average Bonchev–Trinajstić information content (AvgIpc) is 2.85. The Morgan fingerprint density at radius 3 is 2.24 bits per heavy atom.